The van der Waals surface area contributed by atoms with Crippen LogP contribution in [0.15, 0.2) is 60.8 Å². The predicted molar refractivity (Wildman–Crippen MR) is 107 cm³/mol. The molecule has 1 aromatic heterocycles. The summed E-state index contributed by atoms with van der Waals surface area (Å²) >= 11 is 0. The number of nitrogens with zero attached hydrogens (tertiary/aromatic N) is 2. The molecule has 1 aliphatic rings. The molecule has 0 bridgehead atoms. The normalized spacial score (nSPS) is 16.9. The van der Waals surface area contributed by atoms with Crippen LogP contribution in [0.1, 0.15) is 28.8 Å². The van der Waals surface area contributed by atoms with Crippen molar-refractivity contribution in [1.82, 2.24) is 20.4 Å². The molecule has 1 fully saturated rings. The molecule has 4 rings (SSSR count). The van der Waals surface area contributed by atoms with Crippen LogP contribution in [0, 0.1) is 6.92 Å². The summed E-state index contributed by atoms with van der Waals surface area (Å²) in [6, 6.07) is 18.1. The molecule has 0 radical (unpaired) electrons. The highest BCUT2D eigenvalue weighted by molar-refractivity contribution is 6.00. The van der Waals surface area contributed by atoms with Crippen molar-refractivity contribution < 1.29 is 4.79 Å². The second kappa shape index (κ2) is 7.76. The van der Waals surface area contributed by atoms with Crippen molar-refractivity contribution in [2.45, 2.75) is 25.8 Å². The summed E-state index contributed by atoms with van der Waals surface area (Å²) in [5, 5.41) is 11.3. The molecule has 1 saturated heterocycles. The number of rotatable bonds is 4. The average molecular weight is 360 g/mol. The first kappa shape index (κ1) is 17.5. The van der Waals surface area contributed by atoms with Crippen LogP contribution >= 0.6 is 0 Å². The van der Waals surface area contributed by atoms with Crippen molar-refractivity contribution in [3.8, 4) is 16.9 Å². The second-order valence-electron chi connectivity index (χ2n) is 7.00. The summed E-state index contributed by atoms with van der Waals surface area (Å²) in [6.45, 7) is 3.88. The third-order valence-corrected chi connectivity index (χ3v) is 5.01. The number of carbonyl (C=O) groups excluding carboxylic acids is 1. The number of benzene rings is 2. The highest BCUT2D eigenvalue weighted by Crippen LogP contribution is 2.26. The maximum atomic E-state index is 13.1. The zero-order valence-electron chi connectivity index (χ0n) is 15.5. The topological polar surface area (TPSA) is 59.0 Å². The molecule has 5 nitrogen and oxygen atoms in total. The smallest absolute Gasteiger partial charge is 0.255 e. The number of nitrogens with one attached hydrogen (secondary N) is 2. The third kappa shape index (κ3) is 3.78. The molecule has 27 heavy (non-hydrogen) atoms. The fourth-order valence-electron chi connectivity index (χ4n) is 3.53. The van der Waals surface area contributed by atoms with E-state index < -0.39 is 0 Å². The van der Waals surface area contributed by atoms with Gasteiger partial charge in [0.25, 0.3) is 5.91 Å². The Balaban J connectivity index is 1.73. The lowest BCUT2D eigenvalue weighted by Gasteiger charge is -2.23. The highest BCUT2D eigenvalue weighted by Gasteiger charge is 2.22. The molecule has 0 spiro atoms. The Morgan fingerprint density at radius 3 is 2.67 bits per heavy atom. The lowest BCUT2D eigenvalue weighted by atomic mass is 10.0. The van der Waals surface area contributed by atoms with Crippen LogP contribution < -0.4 is 10.6 Å². The van der Waals surface area contributed by atoms with Gasteiger partial charge < -0.3 is 10.6 Å². The van der Waals surface area contributed by atoms with E-state index in [9.17, 15) is 4.79 Å². The number of hydrogen-bond donors (Lipinski definition) is 2. The summed E-state index contributed by atoms with van der Waals surface area (Å²) in [4.78, 5) is 13.1. The Morgan fingerprint density at radius 2 is 1.93 bits per heavy atom. The highest BCUT2D eigenvalue weighted by atomic mass is 16.1. The van der Waals surface area contributed by atoms with E-state index in [2.05, 4.69) is 10.6 Å². The lowest BCUT2D eigenvalue weighted by molar-refractivity contribution is 0.0931. The SMILES string of the molecule is Cc1ccccc1-c1nn(-c2ccccc2)cc1C(=O)N[C@H]1CCCNC1. The minimum Gasteiger partial charge on any atom is -0.348 e. The van der Waals surface area contributed by atoms with Gasteiger partial charge in [-0.1, -0.05) is 42.5 Å². The quantitative estimate of drug-likeness (QED) is 0.750. The summed E-state index contributed by atoms with van der Waals surface area (Å²) in [5.41, 5.74) is 4.35. The van der Waals surface area contributed by atoms with Crippen molar-refractivity contribution in [1.29, 1.82) is 0 Å². The first-order valence-corrected chi connectivity index (χ1v) is 9.45. The van der Waals surface area contributed by atoms with Crippen LogP contribution in [0.5, 0.6) is 0 Å². The van der Waals surface area contributed by atoms with Crippen molar-refractivity contribution >= 4 is 5.91 Å². The molecular weight excluding hydrogens is 336 g/mol. The van der Waals surface area contributed by atoms with E-state index >= 15 is 0 Å². The number of piperidine rings is 1. The summed E-state index contributed by atoms with van der Waals surface area (Å²) in [5.74, 6) is -0.0656. The number of carbonyl (C=O) groups is 1. The van der Waals surface area contributed by atoms with Crippen LogP contribution in [0.4, 0.5) is 0 Å². The molecule has 1 aliphatic heterocycles. The van der Waals surface area contributed by atoms with Crippen molar-refractivity contribution in [3.63, 3.8) is 0 Å². The maximum Gasteiger partial charge on any atom is 0.255 e. The number of para-hydroxylation sites is 1. The van der Waals surface area contributed by atoms with Gasteiger partial charge in [-0.15, -0.1) is 0 Å². The van der Waals surface area contributed by atoms with Crippen molar-refractivity contribution in [2.24, 2.45) is 0 Å². The molecule has 5 heteroatoms. The van der Waals surface area contributed by atoms with Crippen LogP contribution in [0.3, 0.4) is 0 Å². The van der Waals surface area contributed by atoms with Gasteiger partial charge in [0.05, 0.1) is 11.3 Å². The standard InChI is InChI=1S/C22H24N4O/c1-16-8-5-6-12-19(16)21-20(22(27)24-17-9-7-13-23-14-17)15-26(25-21)18-10-3-2-4-11-18/h2-6,8,10-12,15,17,23H,7,9,13-14H2,1H3,(H,24,27)/t17-/m0/s1. The van der Waals surface area contributed by atoms with E-state index in [1.807, 2.05) is 67.7 Å². The number of amides is 1. The van der Waals surface area contributed by atoms with E-state index in [1.165, 1.54) is 0 Å². The van der Waals surface area contributed by atoms with Gasteiger partial charge in [0, 0.05) is 24.3 Å². The van der Waals surface area contributed by atoms with E-state index in [4.69, 9.17) is 5.10 Å². The van der Waals surface area contributed by atoms with Crippen LogP contribution in [-0.2, 0) is 0 Å². The largest absolute Gasteiger partial charge is 0.348 e. The van der Waals surface area contributed by atoms with Gasteiger partial charge in [-0.3, -0.25) is 4.79 Å². The van der Waals surface area contributed by atoms with Crippen LogP contribution in [0.25, 0.3) is 16.9 Å². The molecule has 2 aromatic carbocycles. The molecule has 0 aliphatic carbocycles. The third-order valence-electron chi connectivity index (χ3n) is 5.01. The van der Waals surface area contributed by atoms with Gasteiger partial charge in [0.2, 0.25) is 0 Å². The molecule has 1 amide bonds. The van der Waals surface area contributed by atoms with E-state index in [-0.39, 0.29) is 11.9 Å². The van der Waals surface area contributed by atoms with Crippen LogP contribution in [0.2, 0.25) is 0 Å². The van der Waals surface area contributed by atoms with Crippen molar-refractivity contribution in [2.75, 3.05) is 13.1 Å². The van der Waals surface area contributed by atoms with Gasteiger partial charge in [0.1, 0.15) is 5.69 Å². The van der Waals surface area contributed by atoms with Gasteiger partial charge in [0.15, 0.2) is 0 Å². The average Bonchev–Trinajstić information content (AvgIpc) is 3.15. The summed E-state index contributed by atoms with van der Waals surface area (Å²) in [7, 11) is 0. The Morgan fingerprint density at radius 1 is 1.15 bits per heavy atom. The number of aromatic nitrogens is 2. The zero-order valence-corrected chi connectivity index (χ0v) is 15.5. The molecular formula is C22H24N4O. The molecule has 0 unspecified atom stereocenters. The first-order chi connectivity index (χ1) is 13.2. The molecule has 3 aromatic rings. The Labute approximate surface area is 159 Å². The number of hydrogen-bond acceptors (Lipinski definition) is 3. The summed E-state index contributed by atoms with van der Waals surface area (Å²) in [6.07, 6.45) is 3.92. The Bertz CT molecular complexity index is 926. The molecule has 138 valence electrons. The zero-order chi connectivity index (χ0) is 18.6. The molecule has 2 heterocycles. The monoisotopic (exact) mass is 360 g/mol. The van der Waals surface area contributed by atoms with E-state index in [1.54, 1.807) is 4.68 Å². The first-order valence-electron chi connectivity index (χ1n) is 9.45. The summed E-state index contributed by atoms with van der Waals surface area (Å²) < 4.78 is 1.79. The van der Waals surface area contributed by atoms with E-state index in [0.29, 0.717) is 5.56 Å². The fourth-order valence-corrected chi connectivity index (χ4v) is 3.53. The molecule has 1 atom stereocenters. The minimum atomic E-state index is -0.0656. The number of aryl methyl sites for hydroxylation is 1. The Hall–Kier alpha value is -2.92. The maximum absolute atomic E-state index is 13.1. The Kier molecular flexibility index (Phi) is 5.03. The van der Waals surface area contributed by atoms with Gasteiger partial charge >= 0.3 is 0 Å². The molecule has 0 saturated carbocycles. The van der Waals surface area contributed by atoms with Crippen LogP contribution in [-0.4, -0.2) is 34.8 Å². The molecule has 2 N–H and O–H groups in total. The second-order valence-corrected chi connectivity index (χ2v) is 7.00. The van der Waals surface area contributed by atoms with Gasteiger partial charge in [-0.05, 0) is 44.0 Å². The predicted octanol–water partition coefficient (Wildman–Crippen LogP) is 3.33. The van der Waals surface area contributed by atoms with Gasteiger partial charge in [-0.2, -0.15) is 5.10 Å². The lowest BCUT2D eigenvalue weighted by Crippen LogP contribution is -2.45. The van der Waals surface area contributed by atoms with E-state index in [0.717, 1.165) is 48.4 Å². The fraction of sp³-hybridized carbons (Fsp3) is 0.273. The minimum absolute atomic E-state index is 0.0656. The van der Waals surface area contributed by atoms with Crippen molar-refractivity contribution in [3.05, 3.63) is 71.9 Å². The van der Waals surface area contributed by atoms with Gasteiger partial charge in [-0.25, -0.2) is 4.68 Å².